The topological polar surface area (TPSA) is 49.3 Å². The largest absolute Gasteiger partial charge is 0.388 e. The number of nitrogens with one attached hydrogen (secondary N) is 1. The van der Waals surface area contributed by atoms with E-state index in [-0.39, 0.29) is 5.91 Å². The van der Waals surface area contributed by atoms with Crippen molar-refractivity contribution in [3.8, 4) is 0 Å². The van der Waals surface area contributed by atoms with Gasteiger partial charge in [0.05, 0.1) is 6.10 Å². The van der Waals surface area contributed by atoms with Crippen LogP contribution in [0.15, 0.2) is 54.6 Å². The van der Waals surface area contributed by atoms with Crippen molar-refractivity contribution in [3.05, 3.63) is 65.7 Å². The van der Waals surface area contributed by atoms with Gasteiger partial charge in [-0.15, -0.1) is 0 Å². The summed E-state index contributed by atoms with van der Waals surface area (Å²) in [5.41, 5.74) is 2.47. The van der Waals surface area contributed by atoms with E-state index in [4.69, 9.17) is 0 Å². The Hall–Kier alpha value is -2.13. The van der Waals surface area contributed by atoms with Crippen molar-refractivity contribution >= 4 is 11.6 Å². The average molecular weight is 255 g/mol. The molecule has 19 heavy (non-hydrogen) atoms. The van der Waals surface area contributed by atoms with Crippen molar-refractivity contribution in [2.75, 3.05) is 5.32 Å². The summed E-state index contributed by atoms with van der Waals surface area (Å²) in [7, 11) is 0. The smallest absolute Gasteiger partial charge is 0.221 e. The lowest BCUT2D eigenvalue weighted by molar-refractivity contribution is -0.114. The molecule has 2 rings (SSSR count). The highest BCUT2D eigenvalue weighted by Crippen LogP contribution is 2.25. The Morgan fingerprint density at radius 3 is 2.42 bits per heavy atom. The zero-order chi connectivity index (χ0) is 13.7. The van der Waals surface area contributed by atoms with Crippen LogP contribution >= 0.6 is 0 Å². The van der Waals surface area contributed by atoms with Crippen LogP contribution in [0.3, 0.4) is 0 Å². The molecule has 0 aliphatic heterocycles. The average Bonchev–Trinajstić information content (AvgIpc) is 2.39. The van der Waals surface area contributed by atoms with E-state index in [0.29, 0.717) is 12.1 Å². The van der Waals surface area contributed by atoms with Gasteiger partial charge in [-0.3, -0.25) is 4.79 Å². The third-order valence-electron chi connectivity index (χ3n) is 2.90. The third-order valence-corrected chi connectivity index (χ3v) is 2.90. The predicted octanol–water partition coefficient (Wildman–Crippen LogP) is 2.92. The van der Waals surface area contributed by atoms with Crippen molar-refractivity contribution in [2.24, 2.45) is 0 Å². The Morgan fingerprint density at radius 1 is 1.11 bits per heavy atom. The van der Waals surface area contributed by atoms with Gasteiger partial charge in [0.2, 0.25) is 5.91 Å². The Labute approximate surface area is 112 Å². The summed E-state index contributed by atoms with van der Waals surface area (Å²) in [6.45, 7) is 1.46. The number of hydrogen-bond donors (Lipinski definition) is 2. The van der Waals surface area contributed by atoms with Gasteiger partial charge in [0.15, 0.2) is 0 Å². The second-order valence-electron chi connectivity index (χ2n) is 4.47. The van der Waals surface area contributed by atoms with Gasteiger partial charge >= 0.3 is 0 Å². The summed E-state index contributed by atoms with van der Waals surface area (Å²) in [5, 5.41) is 13.1. The first-order valence-corrected chi connectivity index (χ1v) is 6.25. The molecule has 2 N–H and O–H groups in total. The number of amides is 1. The fourth-order valence-corrected chi connectivity index (χ4v) is 2.04. The van der Waals surface area contributed by atoms with Crippen LogP contribution in [0.2, 0.25) is 0 Å². The Kier molecular flexibility index (Phi) is 4.31. The molecule has 98 valence electrons. The van der Waals surface area contributed by atoms with E-state index in [0.717, 1.165) is 11.1 Å². The molecule has 0 heterocycles. The van der Waals surface area contributed by atoms with Crippen molar-refractivity contribution in [3.63, 3.8) is 0 Å². The summed E-state index contributed by atoms with van der Waals surface area (Å²) in [6, 6.07) is 17.1. The highest BCUT2D eigenvalue weighted by atomic mass is 16.3. The zero-order valence-corrected chi connectivity index (χ0v) is 10.8. The zero-order valence-electron chi connectivity index (χ0n) is 10.8. The number of benzene rings is 2. The normalized spacial score (nSPS) is 11.9. The SMILES string of the molecule is CC(=O)Nc1ccccc1C(O)Cc1ccccc1. The molecular weight excluding hydrogens is 238 g/mol. The maximum atomic E-state index is 11.2. The lowest BCUT2D eigenvalue weighted by Gasteiger charge is -2.15. The van der Waals surface area contributed by atoms with E-state index < -0.39 is 6.10 Å². The van der Waals surface area contributed by atoms with Crippen molar-refractivity contribution in [1.29, 1.82) is 0 Å². The summed E-state index contributed by atoms with van der Waals surface area (Å²) >= 11 is 0. The van der Waals surface area contributed by atoms with E-state index in [1.165, 1.54) is 6.92 Å². The second kappa shape index (κ2) is 6.16. The number of aliphatic hydroxyl groups excluding tert-OH is 1. The molecule has 0 aliphatic rings. The minimum atomic E-state index is -0.634. The molecule has 0 saturated carbocycles. The summed E-state index contributed by atoms with van der Waals surface area (Å²) in [5.74, 6) is -0.139. The number of rotatable bonds is 4. The molecule has 3 heteroatoms. The van der Waals surface area contributed by atoms with Crippen molar-refractivity contribution in [1.82, 2.24) is 0 Å². The van der Waals surface area contributed by atoms with Crippen molar-refractivity contribution in [2.45, 2.75) is 19.4 Å². The molecule has 3 nitrogen and oxygen atoms in total. The Balaban J connectivity index is 2.19. The van der Waals surface area contributed by atoms with E-state index in [9.17, 15) is 9.90 Å². The van der Waals surface area contributed by atoms with Crippen LogP contribution in [0.25, 0.3) is 0 Å². The van der Waals surface area contributed by atoms with Crippen LogP contribution < -0.4 is 5.32 Å². The first-order valence-electron chi connectivity index (χ1n) is 6.25. The van der Waals surface area contributed by atoms with Crippen LogP contribution in [-0.4, -0.2) is 11.0 Å². The number of aliphatic hydroxyl groups is 1. The standard InChI is InChI=1S/C16H17NO2/c1-12(18)17-15-10-6-5-9-14(15)16(19)11-13-7-3-2-4-8-13/h2-10,16,19H,11H2,1H3,(H,17,18). The van der Waals surface area contributed by atoms with E-state index in [1.54, 1.807) is 6.07 Å². The maximum Gasteiger partial charge on any atom is 0.221 e. The van der Waals surface area contributed by atoms with Crippen molar-refractivity contribution < 1.29 is 9.90 Å². The number of hydrogen-bond acceptors (Lipinski definition) is 2. The molecule has 0 aliphatic carbocycles. The van der Waals surface area contributed by atoms with Gasteiger partial charge in [-0.25, -0.2) is 0 Å². The first-order chi connectivity index (χ1) is 9.16. The minimum absolute atomic E-state index is 0.139. The van der Waals surface area contributed by atoms with E-state index >= 15 is 0 Å². The Bertz CT molecular complexity index is 552. The molecule has 1 unspecified atom stereocenters. The van der Waals surface area contributed by atoms with Gasteiger partial charge in [0.25, 0.3) is 0 Å². The van der Waals surface area contributed by atoms with Crippen LogP contribution in [-0.2, 0) is 11.2 Å². The van der Waals surface area contributed by atoms with Gasteiger partial charge in [-0.2, -0.15) is 0 Å². The molecule has 1 amide bonds. The van der Waals surface area contributed by atoms with E-state index in [2.05, 4.69) is 5.32 Å². The molecular formula is C16H17NO2. The van der Waals surface area contributed by atoms with Crippen LogP contribution in [0.4, 0.5) is 5.69 Å². The predicted molar refractivity (Wildman–Crippen MR) is 75.9 cm³/mol. The highest BCUT2D eigenvalue weighted by molar-refractivity contribution is 5.89. The van der Waals surface area contributed by atoms with Crippen LogP contribution in [0.5, 0.6) is 0 Å². The number of carbonyl (C=O) groups is 1. The van der Waals surface area contributed by atoms with Crippen LogP contribution in [0.1, 0.15) is 24.2 Å². The minimum Gasteiger partial charge on any atom is -0.388 e. The number of anilines is 1. The highest BCUT2D eigenvalue weighted by Gasteiger charge is 2.13. The first kappa shape index (κ1) is 13.3. The van der Waals surface area contributed by atoms with Gasteiger partial charge in [-0.05, 0) is 11.6 Å². The van der Waals surface area contributed by atoms with Gasteiger partial charge in [0.1, 0.15) is 0 Å². The fraction of sp³-hybridized carbons (Fsp3) is 0.188. The quantitative estimate of drug-likeness (QED) is 0.882. The molecule has 2 aromatic carbocycles. The summed E-state index contributed by atoms with van der Waals surface area (Å²) in [4.78, 5) is 11.2. The van der Waals surface area contributed by atoms with Gasteiger partial charge in [-0.1, -0.05) is 48.5 Å². The molecule has 0 aromatic heterocycles. The van der Waals surface area contributed by atoms with Gasteiger partial charge in [0, 0.05) is 24.6 Å². The lowest BCUT2D eigenvalue weighted by atomic mass is 10.00. The van der Waals surface area contributed by atoms with Crippen LogP contribution in [0, 0.1) is 0 Å². The second-order valence-corrected chi connectivity index (χ2v) is 4.47. The third kappa shape index (κ3) is 3.66. The summed E-state index contributed by atoms with van der Waals surface area (Å²) in [6.07, 6.45) is -0.109. The molecule has 0 bridgehead atoms. The molecule has 0 saturated heterocycles. The van der Waals surface area contributed by atoms with E-state index in [1.807, 2.05) is 48.5 Å². The fourth-order valence-electron chi connectivity index (χ4n) is 2.04. The number of carbonyl (C=O) groups excluding carboxylic acids is 1. The molecule has 0 fully saturated rings. The molecule has 0 radical (unpaired) electrons. The Morgan fingerprint density at radius 2 is 1.74 bits per heavy atom. The maximum absolute atomic E-state index is 11.2. The lowest BCUT2D eigenvalue weighted by Crippen LogP contribution is -2.11. The molecule has 1 atom stereocenters. The molecule has 2 aromatic rings. The van der Waals surface area contributed by atoms with Gasteiger partial charge < -0.3 is 10.4 Å². The number of para-hydroxylation sites is 1. The molecule has 0 spiro atoms. The summed E-state index contributed by atoms with van der Waals surface area (Å²) < 4.78 is 0. The monoisotopic (exact) mass is 255 g/mol.